The minimum Gasteiger partial charge on any atom is -0.746 e. The molecule has 0 spiro atoms. The number of hydrogen-bond donors (Lipinski definition) is 6. The van der Waals surface area contributed by atoms with E-state index in [1.165, 1.54) is 12.1 Å². The van der Waals surface area contributed by atoms with E-state index in [2.05, 4.69) is 9.05 Å². The normalized spacial score (nSPS) is 25.6. The van der Waals surface area contributed by atoms with Crippen molar-refractivity contribution < 1.29 is 126 Å². The summed E-state index contributed by atoms with van der Waals surface area (Å²) >= 11 is 0. The first kappa shape index (κ1) is 35.5. The molecule has 6 N–H and O–H groups in total. The van der Waals surface area contributed by atoms with Gasteiger partial charge < -0.3 is 58.2 Å². The van der Waals surface area contributed by atoms with Gasteiger partial charge in [0.25, 0.3) is 0 Å². The zero-order valence-corrected chi connectivity index (χ0v) is 26.7. The number of ether oxygens (including phenoxy) is 1. The van der Waals surface area contributed by atoms with Crippen LogP contribution in [0.15, 0.2) is 51.9 Å². The number of phosphoric acid groups is 2. The summed E-state index contributed by atoms with van der Waals surface area (Å²) in [5.41, 5.74) is -1.32. The molecule has 15 nitrogen and oxygen atoms in total. The van der Waals surface area contributed by atoms with Crippen LogP contribution in [0.25, 0.3) is 22.1 Å². The topological polar surface area (TPSA) is 260 Å². The summed E-state index contributed by atoms with van der Waals surface area (Å²) in [5, 5.41) is 40.2. The quantitative estimate of drug-likeness (QED) is 0.106. The number of rotatable bonds is 7. The fraction of sp³-hybridized carbons (Fsp3) is 0.286. The first-order valence-corrected chi connectivity index (χ1v) is 13.7. The summed E-state index contributed by atoms with van der Waals surface area (Å²) in [6.45, 7) is -0.811. The van der Waals surface area contributed by atoms with Gasteiger partial charge in [-0.2, -0.15) is 0 Å². The van der Waals surface area contributed by atoms with Crippen molar-refractivity contribution >= 4 is 26.6 Å². The van der Waals surface area contributed by atoms with Crippen molar-refractivity contribution in [2.24, 2.45) is 0 Å². The summed E-state index contributed by atoms with van der Waals surface area (Å²) < 4.78 is 42.4. The Morgan fingerprint density at radius 2 is 1.48 bits per heavy atom. The van der Waals surface area contributed by atoms with Crippen LogP contribution in [0.4, 0.5) is 0 Å². The van der Waals surface area contributed by atoms with Gasteiger partial charge in [0.1, 0.15) is 53.9 Å². The molecule has 0 radical (unpaired) electrons. The Morgan fingerprint density at radius 3 is 2.02 bits per heavy atom. The van der Waals surface area contributed by atoms with Gasteiger partial charge in [0.05, 0.1) is 23.1 Å². The van der Waals surface area contributed by atoms with Gasteiger partial charge in [-0.15, -0.1) is 0 Å². The van der Waals surface area contributed by atoms with Crippen molar-refractivity contribution in [3.8, 4) is 22.6 Å². The summed E-state index contributed by atoms with van der Waals surface area (Å²) in [6.07, 6.45) is -7.71. The van der Waals surface area contributed by atoms with Gasteiger partial charge in [-0.25, -0.2) is 0 Å². The molecule has 1 fully saturated rings. The third kappa shape index (κ3) is 7.84. The van der Waals surface area contributed by atoms with Crippen LogP contribution < -0.4 is 83.4 Å². The van der Waals surface area contributed by atoms with Crippen LogP contribution in [-0.2, 0) is 13.9 Å². The molecule has 1 aliphatic heterocycles. The second-order valence-electron chi connectivity index (χ2n) is 8.23. The smallest absolute Gasteiger partial charge is 0.746 e. The molecule has 40 heavy (non-hydrogen) atoms. The van der Waals surface area contributed by atoms with Gasteiger partial charge in [0.15, 0.2) is 0 Å². The predicted molar refractivity (Wildman–Crippen MR) is 122 cm³/mol. The summed E-state index contributed by atoms with van der Waals surface area (Å²) in [7, 11) is -10.5. The van der Waals surface area contributed by atoms with E-state index in [0.717, 1.165) is 30.5 Å². The molecule has 2 aromatic carbocycles. The number of benzene rings is 2. The third-order valence-corrected chi connectivity index (χ3v) is 6.59. The van der Waals surface area contributed by atoms with Crippen LogP contribution in [0.3, 0.4) is 0 Å². The van der Waals surface area contributed by atoms with Crippen molar-refractivity contribution in [1.82, 2.24) is 0 Å². The first-order valence-electron chi connectivity index (χ1n) is 10.7. The van der Waals surface area contributed by atoms with E-state index in [-0.39, 0.29) is 87.0 Å². The maximum absolute atomic E-state index is 13.3. The zero-order chi connectivity index (χ0) is 28.0. The van der Waals surface area contributed by atoms with Gasteiger partial charge in [0, 0.05) is 0 Å². The predicted octanol–water partition coefficient (Wildman–Crippen LogP) is -7.34. The molecule has 206 valence electrons. The molecule has 7 atom stereocenters. The minimum absolute atomic E-state index is 0. The molecule has 4 rings (SSSR count). The van der Waals surface area contributed by atoms with E-state index in [0.29, 0.717) is 0 Å². The molecule has 3 aromatic rings. The molecule has 0 saturated carbocycles. The van der Waals surface area contributed by atoms with Crippen LogP contribution in [0.5, 0.6) is 11.5 Å². The van der Waals surface area contributed by atoms with E-state index >= 15 is 0 Å². The number of phosphoric ester groups is 2. The second kappa shape index (κ2) is 13.8. The standard InChI is InChI=1S/C21H22O15P2.2Na/c22-7-14-17(24)18(25)19(26)21(34-14)15-13(36-38(30,31)32)6-5-11-16(23)12(8-33-20(11)15)9-1-3-10(4-2-9)35-37(27,28)29;;/h1-6,8,14,17-19,21-22,24-26H,7H2,(H2,27,28,29)(H2,30,31,32);;/q;2*+1/p-2/t14-,17-,18+,19-,21+;;/m1../s1. The monoisotopic (exact) mass is 620 g/mol. The Bertz CT molecular complexity index is 1480. The van der Waals surface area contributed by atoms with Gasteiger partial charge in [0.2, 0.25) is 5.43 Å². The van der Waals surface area contributed by atoms with Crippen molar-refractivity contribution in [2.45, 2.75) is 30.5 Å². The second-order valence-corrected chi connectivity index (χ2v) is 10.5. The molecule has 1 aromatic heterocycles. The van der Waals surface area contributed by atoms with E-state index in [1.54, 1.807) is 0 Å². The van der Waals surface area contributed by atoms with Crippen LogP contribution in [0, 0.1) is 0 Å². The Hall–Kier alpha value is -0.650. The fourth-order valence-electron chi connectivity index (χ4n) is 4.04. The number of aliphatic hydroxyl groups excluding tert-OH is 4. The molecular formula is C21H20Na2O15P2. The van der Waals surface area contributed by atoms with Crippen molar-refractivity contribution in [3.05, 3.63) is 58.4 Å². The zero-order valence-electron chi connectivity index (χ0n) is 20.9. The molecular weight excluding hydrogens is 600 g/mol. The Balaban J connectivity index is 0.00000280. The van der Waals surface area contributed by atoms with Gasteiger partial charge in [-0.3, -0.25) is 13.9 Å². The number of fused-ring (bicyclic) bond motifs is 1. The van der Waals surface area contributed by atoms with Gasteiger partial charge >= 0.3 is 74.8 Å². The fourth-order valence-corrected chi connectivity index (χ4v) is 4.84. The third-order valence-electron chi connectivity index (χ3n) is 5.72. The Morgan fingerprint density at radius 1 is 0.875 bits per heavy atom. The molecule has 0 bridgehead atoms. The molecule has 1 saturated heterocycles. The van der Waals surface area contributed by atoms with Gasteiger partial charge in [-0.1, -0.05) is 12.1 Å². The first-order chi connectivity index (χ1) is 17.7. The summed E-state index contributed by atoms with van der Waals surface area (Å²) in [5.74, 6) is -0.872. The van der Waals surface area contributed by atoms with E-state index in [9.17, 15) is 49.0 Å². The summed E-state index contributed by atoms with van der Waals surface area (Å²) in [4.78, 5) is 53.8. The van der Waals surface area contributed by atoms with Crippen molar-refractivity contribution in [3.63, 3.8) is 0 Å². The molecule has 0 aliphatic carbocycles. The maximum atomic E-state index is 13.3. The minimum atomic E-state index is -5.44. The maximum Gasteiger partial charge on any atom is 1.00 e. The number of hydrogen-bond acceptors (Lipinski definition) is 13. The Kier molecular flexibility index (Phi) is 12.2. The number of aliphatic hydroxyl groups is 4. The average molecular weight is 620 g/mol. The van der Waals surface area contributed by atoms with Gasteiger partial charge in [-0.05, 0) is 29.8 Å². The molecule has 1 aliphatic rings. The van der Waals surface area contributed by atoms with Crippen LogP contribution in [0.2, 0.25) is 0 Å². The average Bonchev–Trinajstić information content (AvgIpc) is 2.82. The van der Waals surface area contributed by atoms with E-state index in [1.807, 2.05) is 0 Å². The molecule has 2 heterocycles. The Labute approximate surface area is 269 Å². The van der Waals surface area contributed by atoms with Crippen molar-refractivity contribution in [1.29, 1.82) is 0 Å². The van der Waals surface area contributed by atoms with Crippen LogP contribution in [-0.4, -0.2) is 61.2 Å². The van der Waals surface area contributed by atoms with E-state index < -0.39 is 69.5 Å². The molecule has 19 heteroatoms. The van der Waals surface area contributed by atoms with Crippen LogP contribution in [0.1, 0.15) is 11.7 Å². The van der Waals surface area contributed by atoms with Crippen LogP contribution >= 0.6 is 15.6 Å². The molecule has 2 unspecified atom stereocenters. The SMILES string of the molecule is O=c1c(-c2ccc(OP(=O)([O-])O)cc2)coc2c([C@@H]3O[C@H](CO)[C@@H](O)[C@H](O)[C@H]3O)c(OP(=O)([O-])O)ccc12.[Na+].[Na+]. The van der Waals surface area contributed by atoms with E-state index in [4.69, 9.17) is 14.0 Å². The van der Waals surface area contributed by atoms with Crippen molar-refractivity contribution in [2.75, 3.05) is 6.61 Å². The molecule has 0 amide bonds. The summed E-state index contributed by atoms with van der Waals surface area (Å²) in [6, 6.07) is 6.95. The largest absolute Gasteiger partial charge is 1.00 e.